The van der Waals surface area contributed by atoms with Gasteiger partial charge < -0.3 is 15.1 Å². The number of hydrogen-bond acceptors (Lipinski definition) is 7. The lowest BCUT2D eigenvalue weighted by Gasteiger charge is -2.23. The van der Waals surface area contributed by atoms with Crippen molar-refractivity contribution in [3.8, 4) is 11.5 Å². The van der Waals surface area contributed by atoms with Gasteiger partial charge in [-0.2, -0.15) is 0 Å². The molecule has 2 N–H and O–H groups in total. The molecule has 1 fully saturated rings. The molecule has 1 saturated heterocycles. The summed E-state index contributed by atoms with van der Waals surface area (Å²) in [6.07, 6.45) is 2.38. The summed E-state index contributed by atoms with van der Waals surface area (Å²) in [4.78, 5) is 20.0. The second-order valence-electron chi connectivity index (χ2n) is 9.20. The van der Waals surface area contributed by atoms with Gasteiger partial charge in [0.1, 0.15) is 5.01 Å². The van der Waals surface area contributed by atoms with Crippen molar-refractivity contribution in [2.45, 2.75) is 44.7 Å². The van der Waals surface area contributed by atoms with Crippen LogP contribution >= 0.6 is 22.9 Å². The second-order valence-corrected chi connectivity index (χ2v) is 10.5. The zero-order valence-corrected chi connectivity index (χ0v) is 21.1. The van der Waals surface area contributed by atoms with Crippen LogP contribution in [-0.2, 0) is 12.0 Å². The van der Waals surface area contributed by atoms with Gasteiger partial charge in [0, 0.05) is 33.8 Å². The van der Waals surface area contributed by atoms with Gasteiger partial charge in [-0.05, 0) is 56.9 Å². The number of likely N-dealkylation sites (tertiary alicyclic amines) is 1. The molecule has 7 nitrogen and oxygen atoms in total. The molecule has 1 amide bonds. The van der Waals surface area contributed by atoms with Crippen molar-refractivity contribution < 1.29 is 9.21 Å². The largest absolute Gasteiger partial charge is 0.419 e. The standard InChI is InChI=1S/C26H26ClN5O2S/c1-16-15-35-23(29-16)21-9-6-10-32(21)24(33)19-11-18(12-20(27)13-19)22-30-31-25(34-22)26(2,28)14-17-7-4-3-5-8-17/h3-5,7-8,11-13,15,21H,6,9-10,14,28H2,1-2H3. The maximum Gasteiger partial charge on any atom is 0.254 e. The maximum atomic E-state index is 13.5. The molecule has 0 saturated carbocycles. The smallest absolute Gasteiger partial charge is 0.254 e. The van der Waals surface area contributed by atoms with Crippen molar-refractivity contribution in [3.05, 3.63) is 86.7 Å². The third kappa shape index (κ3) is 5.00. The minimum absolute atomic E-state index is 0.0189. The number of amides is 1. The van der Waals surface area contributed by atoms with Crippen LogP contribution in [-0.4, -0.2) is 32.5 Å². The second kappa shape index (κ2) is 9.53. The molecular formula is C26H26ClN5O2S. The summed E-state index contributed by atoms with van der Waals surface area (Å²) in [5, 5.41) is 11.8. The zero-order valence-electron chi connectivity index (χ0n) is 19.6. The first-order valence-corrected chi connectivity index (χ1v) is 12.8. The Bertz CT molecular complexity index is 1350. The molecule has 0 aliphatic carbocycles. The molecule has 3 heterocycles. The van der Waals surface area contributed by atoms with E-state index in [9.17, 15) is 4.79 Å². The van der Waals surface area contributed by atoms with E-state index in [0.29, 0.717) is 35.0 Å². The normalized spacial score (nSPS) is 17.5. The van der Waals surface area contributed by atoms with E-state index in [4.69, 9.17) is 21.8 Å². The molecule has 2 aromatic heterocycles. The van der Waals surface area contributed by atoms with Crippen LogP contribution in [0.2, 0.25) is 5.02 Å². The molecule has 1 aliphatic rings. The molecule has 5 rings (SSSR count). The van der Waals surface area contributed by atoms with E-state index < -0.39 is 5.54 Å². The summed E-state index contributed by atoms with van der Waals surface area (Å²) in [5.74, 6) is 0.509. The van der Waals surface area contributed by atoms with Crippen LogP contribution in [0, 0.1) is 6.92 Å². The van der Waals surface area contributed by atoms with Gasteiger partial charge in [0.05, 0.1) is 11.6 Å². The van der Waals surface area contributed by atoms with Crippen molar-refractivity contribution in [2.75, 3.05) is 6.54 Å². The quantitative estimate of drug-likeness (QED) is 0.367. The molecular weight excluding hydrogens is 482 g/mol. The summed E-state index contributed by atoms with van der Waals surface area (Å²) in [7, 11) is 0. The number of hydrogen-bond donors (Lipinski definition) is 1. The maximum absolute atomic E-state index is 13.5. The van der Waals surface area contributed by atoms with Crippen molar-refractivity contribution in [2.24, 2.45) is 5.73 Å². The third-order valence-electron chi connectivity index (χ3n) is 6.15. The van der Waals surface area contributed by atoms with Crippen LogP contribution in [0.1, 0.15) is 58.3 Å². The molecule has 0 spiro atoms. The molecule has 2 aromatic carbocycles. The van der Waals surface area contributed by atoms with E-state index in [0.717, 1.165) is 29.1 Å². The lowest BCUT2D eigenvalue weighted by Crippen LogP contribution is -2.35. The number of nitrogens with two attached hydrogens (primary N) is 1. The van der Waals surface area contributed by atoms with Crippen LogP contribution in [0.25, 0.3) is 11.5 Å². The highest BCUT2D eigenvalue weighted by Crippen LogP contribution is 2.36. The molecule has 2 unspecified atom stereocenters. The van der Waals surface area contributed by atoms with E-state index in [1.165, 1.54) is 0 Å². The Labute approximate surface area is 213 Å². The van der Waals surface area contributed by atoms with Gasteiger partial charge in [-0.25, -0.2) is 4.98 Å². The lowest BCUT2D eigenvalue weighted by atomic mass is 9.94. The van der Waals surface area contributed by atoms with Gasteiger partial charge in [0.2, 0.25) is 11.8 Å². The zero-order chi connectivity index (χ0) is 24.6. The summed E-state index contributed by atoms with van der Waals surface area (Å²) >= 11 is 8.01. The minimum Gasteiger partial charge on any atom is -0.419 e. The molecule has 2 atom stereocenters. The number of aromatic nitrogens is 3. The number of aryl methyl sites for hydroxylation is 1. The Morgan fingerprint density at radius 3 is 2.80 bits per heavy atom. The topological polar surface area (TPSA) is 98.1 Å². The molecule has 35 heavy (non-hydrogen) atoms. The van der Waals surface area contributed by atoms with Crippen LogP contribution in [0.15, 0.2) is 58.3 Å². The molecule has 9 heteroatoms. The van der Waals surface area contributed by atoms with Gasteiger partial charge >= 0.3 is 0 Å². The van der Waals surface area contributed by atoms with Gasteiger partial charge in [-0.1, -0.05) is 41.9 Å². The Kier molecular flexibility index (Phi) is 6.44. The highest BCUT2D eigenvalue weighted by molar-refractivity contribution is 7.09. The van der Waals surface area contributed by atoms with Crippen LogP contribution < -0.4 is 5.73 Å². The van der Waals surface area contributed by atoms with E-state index in [2.05, 4.69) is 15.2 Å². The lowest BCUT2D eigenvalue weighted by molar-refractivity contribution is 0.0735. The minimum atomic E-state index is -0.849. The number of carbonyl (C=O) groups excluding carboxylic acids is 1. The number of benzene rings is 2. The van der Waals surface area contributed by atoms with E-state index in [-0.39, 0.29) is 17.8 Å². The number of halogens is 1. The number of carbonyl (C=O) groups is 1. The first-order chi connectivity index (χ1) is 16.8. The van der Waals surface area contributed by atoms with E-state index in [1.807, 2.05) is 54.5 Å². The Morgan fingerprint density at radius 1 is 1.26 bits per heavy atom. The van der Waals surface area contributed by atoms with Crippen LogP contribution in [0.3, 0.4) is 0 Å². The molecule has 1 aliphatic heterocycles. The van der Waals surface area contributed by atoms with Crippen molar-refractivity contribution in [3.63, 3.8) is 0 Å². The molecule has 0 radical (unpaired) electrons. The predicted molar refractivity (Wildman–Crippen MR) is 136 cm³/mol. The number of rotatable bonds is 6. The van der Waals surface area contributed by atoms with Gasteiger partial charge in [0.15, 0.2) is 0 Å². The van der Waals surface area contributed by atoms with E-state index in [1.54, 1.807) is 29.5 Å². The number of nitrogens with zero attached hydrogens (tertiary/aromatic N) is 4. The fraction of sp³-hybridized carbons (Fsp3) is 0.308. The molecule has 4 aromatic rings. The summed E-state index contributed by atoms with van der Waals surface area (Å²) in [5.41, 5.74) is 8.79. The molecule has 0 bridgehead atoms. The third-order valence-corrected chi connectivity index (χ3v) is 7.44. The summed E-state index contributed by atoms with van der Waals surface area (Å²) in [6.45, 7) is 4.51. The molecule has 180 valence electrons. The fourth-order valence-electron chi connectivity index (χ4n) is 4.46. The first kappa shape index (κ1) is 23.7. The number of thiazole rings is 1. The van der Waals surface area contributed by atoms with Crippen molar-refractivity contribution in [1.82, 2.24) is 20.1 Å². The van der Waals surface area contributed by atoms with Crippen LogP contribution in [0.5, 0.6) is 0 Å². The van der Waals surface area contributed by atoms with E-state index >= 15 is 0 Å². The van der Waals surface area contributed by atoms with Gasteiger partial charge in [-0.15, -0.1) is 21.5 Å². The Hall–Kier alpha value is -3.07. The SMILES string of the molecule is Cc1csc(C2CCCN2C(=O)c2cc(Cl)cc(-c3nnc(C(C)(N)Cc4ccccc4)o3)c2)n1. The monoisotopic (exact) mass is 507 g/mol. The highest BCUT2D eigenvalue weighted by atomic mass is 35.5. The summed E-state index contributed by atoms with van der Waals surface area (Å²) in [6, 6.07) is 15.0. The van der Waals surface area contributed by atoms with Crippen molar-refractivity contribution >= 4 is 28.8 Å². The highest BCUT2D eigenvalue weighted by Gasteiger charge is 2.33. The predicted octanol–water partition coefficient (Wildman–Crippen LogP) is 5.55. The summed E-state index contributed by atoms with van der Waals surface area (Å²) < 4.78 is 5.98. The van der Waals surface area contributed by atoms with Crippen LogP contribution in [0.4, 0.5) is 0 Å². The Balaban J connectivity index is 1.40. The Morgan fingerprint density at radius 2 is 2.06 bits per heavy atom. The van der Waals surface area contributed by atoms with Crippen molar-refractivity contribution in [1.29, 1.82) is 0 Å². The van der Waals surface area contributed by atoms with Gasteiger partial charge in [-0.3, -0.25) is 4.79 Å². The fourth-order valence-corrected chi connectivity index (χ4v) is 5.64. The average molecular weight is 508 g/mol. The van der Waals surface area contributed by atoms with Gasteiger partial charge in [0.25, 0.3) is 5.91 Å². The average Bonchev–Trinajstić information content (AvgIpc) is 3.59. The first-order valence-electron chi connectivity index (χ1n) is 11.5.